The average Bonchev–Trinajstić information content (AvgIpc) is 2.84. The lowest BCUT2D eigenvalue weighted by Crippen LogP contribution is -2.12. The first kappa shape index (κ1) is 27.0. The molecular formula is C29H44N2O2. The Bertz CT molecular complexity index is 771. The normalized spacial score (nSPS) is 12.0. The van der Waals surface area contributed by atoms with E-state index in [9.17, 15) is 4.79 Å². The summed E-state index contributed by atoms with van der Waals surface area (Å²) >= 11 is 0. The molecule has 0 saturated carbocycles. The third-order valence-corrected chi connectivity index (χ3v) is 6.29. The van der Waals surface area contributed by atoms with Gasteiger partial charge in [0.2, 0.25) is 0 Å². The Morgan fingerprint density at radius 1 is 0.848 bits per heavy atom. The van der Waals surface area contributed by atoms with Crippen LogP contribution in [0.25, 0.3) is 11.4 Å². The lowest BCUT2D eigenvalue weighted by molar-refractivity contribution is -0.122. The molecule has 182 valence electrons. The zero-order valence-electron chi connectivity index (χ0n) is 21.2. The maximum absolute atomic E-state index is 12.1. The molecule has 4 nitrogen and oxygen atoms in total. The molecule has 0 amide bonds. The molecular weight excluding hydrogens is 408 g/mol. The van der Waals surface area contributed by atoms with Crippen LogP contribution in [0.4, 0.5) is 0 Å². The minimum Gasteiger partial charge on any atom is -0.490 e. The molecule has 0 aliphatic carbocycles. The number of rotatable bonds is 18. The number of aryl methyl sites for hydroxylation is 1. The van der Waals surface area contributed by atoms with Gasteiger partial charge in [0.15, 0.2) is 11.6 Å². The second-order valence-corrected chi connectivity index (χ2v) is 9.27. The molecule has 2 aromatic rings. The summed E-state index contributed by atoms with van der Waals surface area (Å²) in [6.07, 6.45) is 18.3. The van der Waals surface area contributed by atoms with Gasteiger partial charge in [-0.3, -0.25) is 4.79 Å². The fraction of sp³-hybridized carbons (Fsp3) is 0.621. The van der Waals surface area contributed by atoms with Gasteiger partial charge in [-0.25, -0.2) is 9.97 Å². The summed E-state index contributed by atoms with van der Waals surface area (Å²) in [6, 6.07) is 8.61. The minimum atomic E-state index is 0.119. The highest BCUT2D eigenvalue weighted by Gasteiger charge is 2.12. The maximum Gasteiger partial charge on any atom is 0.159 e. The quantitative estimate of drug-likeness (QED) is 0.215. The van der Waals surface area contributed by atoms with Crippen molar-refractivity contribution in [1.29, 1.82) is 0 Å². The van der Waals surface area contributed by atoms with Gasteiger partial charge in [0.1, 0.15) is 5.78 Å². The van der Waals surface area contributed by atoms with Crippen molar-refractivity contribution >= 4 is 5.78 Å². The molecule has 1 aromatic heterocycles. The van der Waals surface area contributed by atoms with E-state index < -0.39 is 0 Å². The van der Waals surface area contributed by atoms with Crippen LogP contribution in [0.5, 0.6) is 5.75 Å². The molecule has 0 fully saturated rings. The lowest BCUT2D eigenvalue weighted by atomic mass is 9.96. The molecule has 0 saturated heterocycles. The van der Waals surface area contributed by atoms with E-state index in [2.05, 4.69) is 48.1 Å². The van der Waals surface area contributed by atoms with Gasteiger partial charge in [-0.15, -0.1) is 0 Å². The van der Waals surface area contributed by atoms with Crippen LogP contribution in [0.3, 0.4) is 0 Å². The number of ether oxygens (including phenoxy) is 1. The number of benzene rings is 1. The molecule has 1 heterocycles. The summed E-state index contributed by atoms with van der Waals surface area (Å²) in [4.78, 5) is 21.1. The number of hydrogen-bond acceptors (Lipinski definition) is 4. The predicted octanol–water partition coefficient (Wildman–Crippen LogP) is 7.99. The smallest absolute Gasteiger partial charge is 0.159 e. The number of hydrogen-bond donors (Lipinski definition) is 0. The number of carbonyl (C=O) groups is 1. The van der Waals surface area contributed by atoms with Crippen LogP contribution in [0.15, 0.2) is 36.7 Å². The largest absolute Gasteiger partial charge is 0.490 e. The highest BCUT2D eigenvalue weighted by molar-refractivity contribution is 5.80. The van der Waals surface area contributed by atoms with Crippen LogP contribution >= 0.6 is 0 Å². The highest BCUT2D eigenvalue weighted by atomic mass is 16.5. The number of nitrogens with zero attached hydrogens (tertiary/aromatic N) is 2. The van der Waals surface area contributed by atoms with Crippen molar-refractivity contribution in [2.75, 3.05) is 6.61 Å². The van der Waals surface area contributed by atoms with E-state index in [1.807, 2.05) is 6.92 Å². The Morgan fingerprint density at radius 2 is 1.48 bits per heavy atom. The molecule has 2 rings (SSSR count). The summed E-state index contributed by atoms with van der Waals surface area (Å²) < 4.78 is 5.79. The number of Topliss-reactive ketones (excluding diaryl/α,β-unsaturated/α-hetero) is 1. The van der Waals surface area contributed by atoms with Crippen LogP contribution in [0.1, 0.15) is 103 Å². The topological polar surface area (TPSA) is 52.1 Å². The van der Waals surface area contributed by atoms with E-state index in [-0.39, 0.29) is 5.92 Å². The Labute approximate surface area is 201 Å². The lowest BCUT2D eigenvalue weighted by Gasteiger charge is -2.11. The number of carbonyl (C=O) groups excluding carboxylic acids is 1. The van der Waals surface area contributed by atoms with Crippen molar-refractivity contribution in [2.45, 2.75) is 104 Å². The SMILES string of the molecule is CCCCCCCCc1ccc(-c2ncc(OCCCC(C)C(=O)CCCCC)cn2)cc1. The molecule has 33 heavy (non-hydrogen) atoms. The molecule has 4 heteroatoms. The van der Waals surface area contributed by atoms with Gasteiger partial charge < -0.3 is 4.74 Å². The predicted molar refractivity (Wildman–Crippen MR) is 138 cm³/mol. The number of aromatic nitrogens is 2. The molecule has 0 aliphatic heterocycles. The second-order valence-electron chi connectivity index (χ2n) is 9.27. The monoisotopic (exact) mass is 452 g/mol. The first-order valence-corrected chi connectivity index (χ1v) is 13.2. The van der Waals surface area contributed by atoms with Crippen LogP contribution in [0.2, 0.25) is 0 Å². The van der Waals surface area contributed by atoms with Crippen molar-refractivity contribution in [3.63, 3.8) is 0 Å². The van der Waals surface area contributed by atoms with Crippen molar-refractivity contribution in [3.05, 3.63) is 42.2 Å². The standard InChI is InChI=1S/C29H44N2O2/c1-4-6-8-9-10-12-15-25-17-19-26(20-18-25)29-30-22-27(23-31-29)33-21-13-14-24(3)28(32)16-11-7-5-2/h17-20,22-24H,4-16,21H2,1-3H3. The second kappa shape index (κ2) is 16.4. The highest BCUT2D eigenvalue weighted by Crippen LogP contribution is 2.19. The molecule has 1 aromatic carbocycles. The van der Waals surface area contributed by atoms with Crippen LogP contribution in [-0.4, -0.2) is 22.4 Å². The van der Waals surface area contributed by atoms with Gasteiger partial charge in [0, 0.05) is 17.9 Å². The van der Waals surface area contributed by atoms with E-state index in [1.165, 1.54) is 44.1 Å². The summed E-state index contributed by atoms with van der Waals surface area (Å²) in [5, 5.41) is 0. The third-order valence-electron chi connectivity index (χ3n) is 6.29. The first-order chi connectivity index (χ1) is 16.1. The Morgan fingerprint density at radius 3 is 2.18 bits per heavy atom. The number of unbranched alkanes of at least 4 members (excludes halogenated alkanes) is 7. The molecule has 0 N–H and O–H groups in total. The Balaban J connectivity index is 1.68. The summed E-state index contributed by atoms with van der Waals surface area (Å²) in [7, 11) is 0. The van der Waals surface area contributed by atoms with E-state index in [4.69, 9.17) is 4.74 Å². The fourth-order valence-corrected chi connectivity index (χ4v) is 4.01. The molecule has 0 aliphatic rings. The Hall–Kier alpha value is -2.23. The molecule has 1 atom stereocenters. The zero-order valence-corrected chi connectivity index (χ0v) is 21.2. The average molecular weight is 453 g/mol. The number of ketones is 1. The van der Waals surface area contributed by atoms with E-state index in [1.54, 1.807) is 12.4 Å². The summed E-state index contributed by atoms with van der Waals surface area (Å²) in [5.74, 6) is 1.90. The van der Waals surface area contributed by atoms with Gasteiger partial charge in [-0.2, -0.15) is 0 Å². The first-order valence-electron chi connectivity index (χ1n) is 13.2. The van der Waals surface area contributed by atoms with Gasteiger partial charge in [-0.1, -0.05) is 90.0 Å². The summed E-state index contributed by atoms with van der Waals surface area (Å²) in [5.41, 5.74) is 2.41. The van der Waals surface area contributed by atoms with Gasteiger partial charge in [0.25, 0.3) is 0 Å². The molecule has 0 radical (unpaired) electrons. The maximum atomic E-state index is 12.1. The van der Waals surface area contributed by atoms with E-state index in [0.29, 0.717) is 24.6 Å². The van der Waals surface area contributed by atoms with Crippen molar-refractivity contribution in [2.24, 2.45) is 5.92 Å². The molecule has 0 bridgehead atoms. The van der Waals surface area contributed by atoms with Gasteiger partial charge in [0.05, 0.1) is 19.0 Å². The Kier molecular flexibility index (Phi) is 13.4. The van der Waals surface area contributed by atoms with Crippen molar-refractivity contribution in [1.82, 2.24) is 9.97 Å². The zero-order chi connectivity index (χ0) is 23.7. The summed E-state index contributed by atoms with van der Waals surface area (Å²) in [6.45, 7) is 7.04. The van der Waals surface area contributed by atoms with Crippen molar-refractivity contribution in [3.8, 4) is 17.1 Å². The van der Waals surface area contributed by atoms with E-state index >= 15 is 0 Å². The molecule has 0 spiro atoms. The van der Waals surface area contributed by atoms with Crippen molar-refractivity contribution < 1.29 is 9.53 Å². The van der Waals surface area contributed by atoms with Gasteiger partial charge in [-0.05, 0) is 37.7 Å². The fourth-order valence-electron chi connectivity index (χ4n) is 4.01. The van der Waals surface area contributed by atoms with Crippen LogP contribution in [0, 0.1) is 5.92 Å². The van der Waals surface area contributed by atoms with Crippen LogP contribution in [-0.2, 0) is 11.2 Å². The van der Waals surface area contributed by atoms with Crippen LogP contribution < -0.4 is 4.74 Å². The van der Waals surface area contributed by atoms with Gasteiger partial charge >= 0.3 is 0 Å². The third kappa shape index (κ3) is 11.0. The minimum absolute atomic E-state index is 0.119. The van der Waals surface area contributed by atoms with E-state index in [0.717, 1.165) is 49.9 Å². The molecule has 1 unspecified atom stereocenters.